The number of nitrogens with zero attached hydrogens (tertiary/aromatic N) is 2. The Morgan fingerprint density at radius 2 is 2.03 bits per heavy atom. The summed E-state index contributed by atoms with van der Waals surface area (Å²) in [7, 11) is 0. The molecule has 0 spiro atoms. The van der Waals surface area contributed by atoms with E-state index in [1.807, 2.05) is 41.2 Å². The lowest BCUT2D eigenvalue weighted by atomic mass is 9.61. The second kappa shape index (κ2) is 6.83. The number of fused-ring (bicyclic) bond motifs is 5. The first-order chi connectivity index (χ1) is 15.1. The van der Waals surface area contributed by atoms with Crippen LogP contribution in [0.15, 0.2) is 49.1 Å². The Labute approximate surface area is 178 Å². The van der Waals surface area contributed by atoms with Gasteiger partial charge in [-0.3, -0.25) is 4.79 Å². The van der Waals surface area contributed by atoms with Crippen molar-refractivity contribution in [2.75, 3.05) is 5.32 Å². The number of carbonyl (C=O) groups is 1. The Balaban J connectivity index is 1.46. The van der Waals surface area contributed by atoms with Crippen molar-refractivity contribution in [1.82, 2.24) is 14.4 Å². The maximum atomic E-state index is 13.9. The molecule has 2 atom stereocenters. The number of rotatable bonds is 4. The van der Waals surface area contributed by atoms with E-state index < -0.39 is 5.97 Å². The Hall–Kier alpha value is -3.35. The minimum atomic E-state index is -0.701. The molecule has 1 unspecified atom stereocenters. The molecule has 4 aromatic rings. The van der Waals surface area contributed by atoms with E-state index >= 15 is 0 Å². The summed E-state index contributed by atoms with van der Waals surface area (Å²) >= 11 is 0. The summed E-state index contributed by atoms with van der Waals surface area (Å²) in [6.45, 7) is 0. The number of nitrogens with one attached hydrogen (secondary N) is 2. The van der Waals surface area contributed by atoms with Crippen molar-refractivity contribution in [2.45, 2.75) is 31.7 Å². The largest absolute Gasteiger partial charge is 0.481 e. The molecule has 0 aromatic carbocycles. The molecule has 158 valence electrons. The van der Waals surface area contributed by atoms with Crippen LogP contribution in [0.5, 0.6) is 0 Å². The van der Waals surface area contributed by atoms with Crippen molar-refractivity contribution < 1.29 is 14.3 Å². The normalized spacial score (nSPS) is 25.3. The Kier molecular flexibility index (Phi) is 4.06. The first kappa shape index (κ1) is 18.4. The molecule has 3 N–H and O–H groups in total. The monoisotopic (exact) mass is 418 g/mol. The number of carboxylic acid groups (broad SMARTS) is 1. The van der Waals surface area contributed by atoms with Crippen LogP contribution in [0.1, 0.15) is 25.7 Å². The number of aliphatic carboxylic acids is 1. The van der Waals surface area contributed by atoms with Gasteiger partial charge in [-0.1, -0.05) is 0 Å². The molecule has 0 amide bonds. The van der Waals surface area contributed by atoms with E-state index in [-0.39, 0.29) is 23.7 Å². The molecule has 4 aromatic heterocycles. The van der Waals surface area contributed by atoms with E-state index in [1.165, 1.54) is 12.3 Å². The zero-order chi connectivity index (χ0) is 21.1. The van der Waals surface area contributed by atoms with Gasteiger partial charge in [0.2, 0.25) is 0 Å². The van der Waals surface area contributed by atoms with Gasteiger partial charge in [0.05, 0.1) is 23.3 Å². The fourth-order valence-electron chi connectivity index (χ4n) is 5.82. The number of H-pyrrole nitrogens is 1. The Morgan fingerprint density at radius 3 is 2.84 bits per heavy atom. The highest BCUT2D eigenvalue weighted by Crippen LogP contribution is 2.47. The summed E-state index contributed by atoms with van der Waals surface area (Å²) in [5, 5.41) is 14.3. The third kappa shape index (κ3) is 2.91. The van der Waals surface area contributed by atoms with Crippen LogP contribution in [0.3, 0.4) is 0 Å². The lowest BCUT2D eigenvalue weighted by Gasteiger charge is -2.47. The SMILES string of the molecule is O=C(O)[C@@H]1C(Nc2cc(-c3c[nH]c4ncc(F)cc34)cn3cccc23)[C@H]2CC[C@@H]1CC2. The average molecular weight is 418 g/mol. The highest BCUT2D eigenvalue weighted by molar-refractivity contribution is 5.95. The topological polar surface area (TPSA) is 82.4 Å². The molecule has 3 aliphatic carbocycles. The van der Waals surface area contributed by atoms with Gasteiger partial charge in [0.15, 0.2) is 0 Å². The highest BCUT2D eigenvalue weighted by atomic mass is 19.1. The van der Waals surface area contributed by atoms with Gasteiger partial charge >= 0.3 is 5.97 Å². The predicted molar refractivity (Wildman–Crippen MR) is 116 cm³/mol. The first-order valence-corrected chi connectivity index (χ1v) is 10.8. The van der Waals surface area contributed by atoms with Crippen LogP contribution >= 0.6 is 0 Å². The van der Waals surface area contributed by atoms with Crippen LogP contribution in [0, 0.1) is 23.6 Å². The number of halogens is 1. The Morgan fingerprint density at radius 1 is 1.23 bits per heavy atom. The van der Waals surface area contributed by atoms with Crippen LogP contribution in [0.25, 0.3) is 27.7 Å². The van der Waals surface area contributed by atoms with Gasteiger partial charge in [-0.25, -0.2) is 9.37 Å². The van der Waals surface area contributed by atoms with Gasteiger partial charge in [0.1, 0.15) is 11.5 Å². The number of pyridine rings is 2. The standard InChI is InChI=1S/C24H23FN4O2/c25-16-9-17-18(11-27-23(17)26-10-16)15-8-19(20-2-1-7-29(20)12-15)28-22-14-5-3-13(4-6-14)21(22)24(30)31/h1-2,7-14,21-22,28H,3-6H2,(H,26,27)(H,30,31)/t13-,14+,21-,22?/m0/s1. The van der Waals surface area contributed by atoms with E-state index in [0.717, 1.165) is 53.4 Å². The molecule has 3 fully saturated rings. The lowest BCUT2D eigenvalue weighted by molar-refractivity contribution is -0.148. The molecule has 7 heteroatoms. The smallest absolute Gasteiger partial charge is 0.308 e. The predicted octanol–water partition coefficient (Wildman–Crippen LogP) is 4.92. The minimum Gasteiger partial charge on any atom is -0.481 e. The van der Waals surface area contributed by atoms with Crippen LogP contribution in [0.2, 0.25) is 0 Å². The molecule has 3 aliphatic rings. The molecule has 2 bridgehead atoms. The number of aromatic nitrogens is 3. The molecule has 0 radical (unpaired) electrons. The third-order valence-electron chi connectivity index (χ3n) is 7.27. The average Bonchev–Trinajstić information content (AvgIpc) is 3.41. The van der Waals surface area contributed by atoms with E-state index in [0.29, 0.717) is 11.6 Å². The molecule has 0 aliphatic heterocycles. The van der Waals surface area contributed by atoms with Crippen molar-refractivity contribution in [1.29, 1.82) is 0 Å². The van der Waals surface area contributed by atoms with Crippen LogP contribution in [0.4, 0.5) is 10.1 Å². The van der Waals surface area contributed by atoms with Gasteiger partial charge < -0.3 is 19.8 Å². The van der Waals surface area contributed by atoms with Crippen LogP contribution < -0.4 is 5.32 Å². The van der Waals surface area contributed by atoms with Gasteiger partial charge in [0.25, 0.3) is 0 Å². The van der Waals surface area contributed by atoms with Crippen LogP contribution in [-0.2, 0) is 4.79 Å². The lowest BCUT2D eigenvalue weighted by Crippen LogP contribution is -2.51. The fourth-order valence-corrected chi connectivity index (χ4v) is 5.82. The maximum Gasteiger partial charge on any atom is 0.308 e. The molecule has 6 nitrogen and oxygen atoms in total. The zero-order valence-electron chi connectivity index (χ0n) is 16.9. The van der Waals surface area contributed by atoms with Crippen molar-refractivity contribution in [3.63, 3.8) is 0 Å². The van der Waals surface area contributed by atoms with Crippen molar-refractivity contribution in [3.8, 4) is 11.1 Å². The molecule has 0 saturated heterocycles. The quantitative estimate of drug-likeness (QED) is 0.439. The second-order valence-corrected chi connectivity index (χ2v) is 8.90. The van der Waals surface area contributed by atoms with Gasteiger partial charge in [-0.2, -0.15) is 0 Å². The van der Waals surface area contributed by atoms with E-state index in [1.54, 1.807) is 0 Å². The summed E-state index contributed by atoms with van der Waals surface area (Å²) in [6.07, 6.45) is 11.2. The summed E-state index contributed by atoms with van der Waals surface area (Å²) in [5.41, 5.74) is 4.32. The van der Waals surface area contributed by atoms with Crippen molar-refractivity contribution in [3.05, 3.63) is 54.9 Å². The number of anilines is 1. The first-order valence-electron chi connectivity index (χ1n) is 10.8. The van der Waals surface area contributed by atoms with E-state index in [2.05, 4.69) is 15.3 Å². The van der Waals surface area contributed by atoms with Gasteiger partial charge in [-0.05, 0) is 61.8 Å². The van der Waals surface area contributed by atoms with E-state index in [9.17, 15) is 14.3 Å². The Bertz CT molecular complexity index is 1300. The zero-order valence-corrected chi connectivity index (χ0v) is 16.9. The maximum absolute atomic E-state index is 13.9. The summed E-state index contributed by atoms with van der Waals surface area (Å²) in [4.78, 5) is 19.3. The summed E-state index contributed by atoms with van der Waals surface area (Å²) in [6, 6.07) is 7.45. The molecule has 3 saturated carbocycles. The molecular weight excluding hydrogens is 395 g/mol. The minimum absolute atomic E-state index is 0.0824. The fraction of sp³-hybridized carbons (Fsp3) is 0.333. The number of carboxylic acids is 1. The molecule has 7 rings (SSSR count). The third-order valence-corrected chi connectivity index (χ3v) is 7.27. The summed E-state index contributed by atoms with van der Waals surface area (Å²) < 4.78 is 15.9. The number of hydrogen-bond donors (Lipinski definition) is 3. The van der Waals surface area contributed by atoms with E-state index in [4.69, 9.17) is 0 Å². The molecule has 31 heavy (non-hydrogen) atoms. The van der Waals surface area contributed by atoms with Gasteiger partial charge in [-0.15, -0.1) is 0 Å². The van der Waals surface area contributed by atoms with Crippen molar-refractivity contribution >= 4 is 28.2 Å². The highest BCUT2D eigenvalue weighted by Gasteiger charge is 2.47. The van der Waals surface area contributed by atoms with Crippen molar-refractivity contribution in [2.24, 2.45) is 17.8 Å². The summed E-state index contributed by atoms with van der Waals surface area (Å²) in [5.74, 6) is -0.828. The molecule has 4 heterocycles. The van der Waals surface area contributed by atoms with Gasteiger partial charge in [0, 0.05) is 41.1 Å². The van der Waals surface area contributed by atoms with Crippen LogP contribution in [-0.4, -0.2) is 31.5 Å². The molecular formula is C24H23FN4O2. The number of aromatic amines is 1. The second-order valence-electron chi connectivity index (χ2n) is 8.90. The number of hydrogen-bond acceptors (Lipinski definition) is 3.